The number of carboxylic acids is 1. The van der Waals surface area contributed by atoms with Crippen LogP contribution in [-0.4, -0.2) is 41.6 Å². The second-order valence-corrected chi connectivity index (χ2v) is 5.66. The number of carbonyl (C=O) groups is 2. The molecule has 102 valence electrons. The lowest BCUT2D eigenvalue weighted by Gasteiger charge is -2.37. The van der Waals surface area contributed by atoms with Crippen molar-refractivity contribution in [2.24, 2.45) is 11.3 Å². The van der Waals surface area contributed by atoms with Crippen molar-refractivity contribution in [2.45, 2.75) is 39.0 Å². The quantitative estimate of drug-likeness (QED) is 0.802. The van der Waals surface area contributed by atoms with Gasteiger partial charge in [-0.25, -0.2) is 4.79 Å². The molecular weight excluding hydrogens is 232 g/mol. The zero-order valence-electron chi connectivity index (χ0n) is 10.9. The van der Waals surface area contributed by atoms with Crippen molar-refractivity contribution in [3.8, 4) is 0 Å². The van der Waals surface area contributed by atoms with Crippen molar-refractivity contribution >= 4 is 12.0 Å². The van der Waals surface area contributed by atoms with Crippen molar-refractivity contribution in [3.05, 3.63) is 0 Å². The molecule has 0 atom stereocenters. The SMILES string of the molecule is CCC1(CNC(=O)N2CC(C(=O)O)C2)CCCC1. The molecule has 2 rings (SSSR count). The number of nitrogens with zero attached hydrogens (tertiary/aromatic N) is 1. The summed E-state index contributed by atoms with van der Waals surface area (Å²) in [5.74, 6) is -1.18. The van der Waals surface area contributed by atoms with E-state index in [0.29, 0.717) is 13.1 Å². The highest BCUT2D eigenvalue weighted by molar-refractivity contribution is 5.79. The number of carboxylic acid groups (broad SMARTS) is 1. The average molecular weight is 254 g/mol. The highest BCUT2D eigenvalue weighted by atomic mass is 16.4. The van der Waals surface area contributed by atoms with Gasteiger partial charge >= 0.3 is 12.0 Å². The van der Waals surface area contributed by atoms with Gasteiger partial charge in [0.25, 0.3) is 0 Å². The second-order valence-electron chi connectivity index (χ2n) is 5.66. The van der Waals surface area contributed by atoms with Crippen LogP contribution < -0.4 is 5.32 Å². The van der Waals surface area contributed by atoms with E-state index in [0.717, 1.165) is 13.0 Å². The third kappa shape index (κ3) is 2.60. The lowest BCUT2D eigenvalue weighted by Crippen LogP contribution is -2.57. The van der Waals surface area contributed by atoms with Crippen LogP contribution in [0.5, 0.6) is 0 Å². The first-order valence-electron chi connectivity index (χ1n) is 6.82. The van der Waals surface area contributed by atoms with Crippen LogP contribution in [0.4, 0.5) is 4.79 Å². The van der Waals surface area contributed by atoms with Crippen molar-refractivity contribution in [1.29, 1.82) is 0 Å². The Morgan fingerprint density at radius 3 is 2.44 bits per heavy atom. The summed E-state index contributed by atoms with van der Waals surface area (Å²) in [5, 5.41) is 11.7. The van der Waals surface area contributed by atoms with E-state index in [1.54, 1.807) is 4.90 Å². The molecule has 0 aromatic heterocycles. The summed E-state index contributed by atoms with van der Waals surface area (Å²) in [5.41, 5.74) is 0.284. The molecule has 2 aliphatic rings. The molecule has 0 spiro atoms. The molecule has 2 fully saturated rings. The summed E-state index contributed by atoms with van der Waals surface area (Å²) < 4.78 is 0. The van der Waals surface area contributed by atoms with Crippen LogP contribution in [0.3, 0.4) is 0 Å². The van der Waals surface area contributed by atoms with Crippen molar-refractivity contribution in [2.75, 3.05) is 19.6 Å². The van der Waals surface area contributed by atoms with Gasteiger partial charge in [-0.05, 0) is 24.7 Å². The Morgan fingerprint density at radius 2 is 1.94 bits per heavy atom. The normalized spacial score (nSPS) is 22.6. The number of urea groups is 1. The topological polar surface area (TPSA) is 69.6 Å². The Morgan fingerprint density at radius 1 is 1.33 bits per heavy atom. The summed E-state index contributed by atoms with van der Waals surface area (Å²) in [6, 6.07) is -0.104. The molecule has 1 saturated carbocycles. The third-order valence-electron chi connectivity index (χ3n) is 4.55. The number of hydrogen-bond acceptors (Lipinski definition) is 2. The molecule has 1 heterocycles. The molecule has 1 aliphatic heterocycles. The smallest absolute Gasteiger partial charge is 0.317 e. The number of hydrogen-bond donors (Lipinski definition) is 2. The minimum Gasteiger partial charge on any atom is -0.481 e. The molecule has 0 aromatic carbocycles. The van der Waals surface area contributed by atoms with E-state index in [-0.39, 0.29) is 17.4 Å². The Balaban J connectivity index is 1.74. The molecule has 2 amide bonds. The lowest BCUT2D eigenvalue weighted by atomic mass is 9.83. The van der Waals surface area contributed by atoms with Gasteiger partial charge in [0.05, 0.1) is 5.92 Å². The molecule has 0 bridgehead atoms. The average Bonchev–Trinajstić information content (AvgIpc) is 2.73. The van der Waals surface area contributed by atoms with E-state index >= 15 is 0 Å². The number of amides is 2. The van der Waals surface area contributed by atoms with E-state index in [9.17, 15) is 9.59 Å². The Bertz CT molecular complexity index is 331. The summed E-state index contributed by atoms with van der Waals surface area (Å²) in [6.07, 6.45) is 6.01. The van der Waals surface area contributed by atoms with Gasteiger partial charge in [0, 0.05) is 19.6 Å². The van der Waals surface area contributed by atoms with Gasteiger partial charge in [0.2, 0.25) is 0 Å². The Hall–Kier alpha value is -1.26. The monoisotopic (exact) mass is 254 g/mol. The molecule has 0 unspecified atom stereocenters. The fourth-order valence-electron chi connectivity index (χ4n) is 2.96. The molecule has 0 aromatic rings. The van der Waals surface area contributed by atoms with Crippen molar-refractivity contribution in [1.82, 2.24) is 10.2 Å². The van der Waals surface area contributed by atoms with E-state index in [4.69, 9.17) is 5.11 Å². The number of aliphatic carboxylic acids is 1. The fraction of sp³-hybridized carbons (Fsp3) is 0.846. The van der Waals surface area contributed by atoms with Gasteiger partial charge in [-0.1, -0.05) is 19.8 Å². The molecule has 0 radical (unpaired) electrons. The van der Waals surface area contributed by atoms with Crippen LogP contribution in [0.1, 0.15) is 39.0 Å². The maximum atomic E-state index is 11.8. The highest BCUT2D eigenvalue weighted by Crippen LogP contribution is 2.40. The lowest BCUT2D eigenvalue weighted by molar-refractivity contribution is -0.146. The van der Waals surface area contributed by atoms with Crippen LogP contribution in [0.2, 0.25) is 0 Å². The molecule has 5 nitrogen and oxygen atoms in total. The minimum absolute atomic E-state index is 0.104. The van der Waals surface area contributed by atoms with Crippen LogP contribution in [0.25, 0.3) is 0 Å². The first-order valence-corrected chi connectivity index (χ1v) is 6.82. The molecule has 1 saturated heterocycles. The highest BCUT2D eigenvalue weighted by Gasteiger charge is 2.37. The van der Waals surface area contributed by atoms with E-state index in [2.05, 4.69) is 12.2 Å². The standard InChI is InChI=1S/C13H22N2O3/c1-2-13(5-3-4-6-13)9-14-12(18)15-7-10(8-15)11(16)17/h10H,2-9H2,1H3,(H,14,18)(H,16,17). The molecule has 18 heavy (non-hydrogen) atoms. The Labute approximate surface area is 108 Å². The minimum atomic E-state index is -0.806. The van der Waals surface area contributed by atoms with Gasteiger partial charge in [0.15, 0.2) is 0 Å². The fourth-order valence-corrected chi connectivity index (χ4v) is 2.96. The van der Waals surface area contributed by atoms with E-state index in [1.807, 2.05) is 0 Å². The van der Waals surface area contributed by atoms with E-state index < -0.39 is 5.97 Å². The zero-order chi connectivity index (χ0) is 13.2. The summed E-state index contributed by atoms with van der Waals surface area (Å²) >= 11 is 0. The van der Waals surface area contributed by atoms with Crippen LogP contribution in [0.15, 0.2) is 0 Å². The van der Waals surface area contributed by atoms with Gasteiger partial charge in [-0.2, -0.15) is 0 Å². The number of carbonyl (C=O) groups excluding carboxylic acids is 1. The first-order chi connectivity index (χ1) is 8.56. The maximum absolute atomic E-state index is 11.8. The summed E-state index contributed by atoms with van der Waals surface area (Å²) in [6.45, 7) is 3.61. The predicted octanol–water partition coefficient (Wildman–Crippen LogP) is 1.68. The van der Waals surface area contributed by atoms with Gasteiger partial charge < -0.3 is 15.3 Å². The maximum Gasteiger partial charge on any atom is 0.317 e. The number of rotatable bonds is 4. The van der Waals surface area contributed by atoms with Gasteiger partial charge in [-0.3, -0.25) is 4.79 Å². The molecular formula is C13H22N2O3. The van der Waals surface area contributed by atoms with Gasteiger partial charge in [0.1, 0.15) is 0 Å². The van der Waals surface area contributed by atoms with Crippen molar-refractivity contribution < 1.29 is 14.7 Å². The molecule has 1 aliphatic carbocycles. The second kappa shape index (κ2) is 5.16. The Kier molecular flexibility index (Phi) is 3.78. The largest absolute Gasteiger partial charge is 0.481 e. The third-order valence-corrected chi connectivity index (χ3v) is 4.55. The van der Waals surface area contributed by atoms with Crippen LogP contribution in [-0.2, 0) is 4.79 Å². The molecule has 5 heteroatoms. The predicted molar refractivity (Wildman–Crippen MR) is 67.3 cm³/mol. The number of likely N-dealkylation sites (tertiary alicyclic amines) is 1. The first kappa shape index (κ1) is 13.2. The zero-order valence-corrected chi connectivity index (χ0v) is 10.9. The molecule has 2 N–H and O–H groups in total. The summed E-state index contributed by atoms with van der Waals surface area (Å²) in [4.78, 5) is 24.1. The van der Waals surface area contributed by atoms with Crippen molar-refractivity contribution in [3.63, 3.8) is 0 Å². The van der Waals surface area contributed by atoms with Crippen LogP contribution in [0, 0.1) is 11.3 Å². The number of nitrogens with one attached hydrogen (secondary N) is 1. The van der Waals surface area contributed by atoms with Gasteiger partial charge in [-0.15, -0.1) is 0 Å². The summed E-state index contributed by atoms with van der Waals surface area (Å²) in [7, 11) is 0. The van der Waals surface area contributed by atoms with E-state index in [1.165, 1.54) is 25.7 Å². The van der Waals surface area contributed by atoms with Crippen LogP contribution >= 0.6 is 0 Å².